The lowest BCUT2D eigenvalue weighted by molar-refractivity contribution is 0.207. The molecular formula is C14H19N5O2. The molecule has 1 saturated carbocycles. The number of likely N-dealkylation sites (tertiary alicyclic amines) is 1. The van der Waals surface area contributed by atoms with Crippen LogP contribution in [0.15, 0.2) is 8.94 Å². The highest BCUT2D eigenvalue weighted by Gasteiger charge is 2.31. The van der Waals surface area contributed by atoms with Crippen molar-refractivity contribution in [1.82, 2.24) is 25.2 Å². The first-order chi connectivity index (χ1) is 10.3. The maximum Gasteiger partial charge on any atom is 0.230 e. The fourth-order valence-corrected chi connectivity index (χ4v) is 3.08. The standard InChI is InChI=1S/C14H19N5O2/c1-9-15-13(18-21-9)11-6-3-7-19(11)8-12-16-17-14(20-12)10-4-2-5-10/h10-11H,2-8H2,1H3/t11-/m1/s1. The van der Waals surface area contributed by atoms with E-state index in [0.29, 0.717) is 24.2 Å². The average Bonchev–Trinajstić information content (AvgIpc) is 3.09. The second kappa shape index (κ2) is 5.22. The summed E-state index contributed by atoms with van der Waals surface area (Å²) in [6, 6.07) is 0.196. The molecule has 1 atom stereocenters. The van der Waals surface area contributed by atoms with Gasteiger partial charge >= 0.3 is 0 Å². The Labute approximate surface area is 122 Å². The van der Waals surface area contributed by atoms with Crippen molar-refractivity contribution in [3.8, 4) is 0 Å². The summed E-state index contributed by atoms with van der Waals surface area (Å²) < 4.78 is 10.9. The van der Waals surface area contributed by atoms with Crippen molar-refractivity contribution in [2.24, 2.45) is 0 Å². The van der Waals surface area contributed by atoms with Crippen LogP contribution >= 0.6 is 0 Å². The third-order valence-corrected chi connectivity index (χ3v) is 4.48. The molecule has 7 heteroatoms. The Hall–Kier alpha value is -1.76. The number of hydrogen-bond donors (Lipinski definition) is 0. The van der Waals surface area contributed by atoms with E-state index < -0.39 is 0 Å². The van der Waals surface area contributed by atoms with E-state index in [0.717, 1.165) is 31.1 Å². The molecule has 2 aliphatic rings. The van der Waals surface area contributed by atoms with Gasteiger partial charge in [0.2, 0.25) is 17.7 Å². The smallest absolute Gasteiger partial charge is 0.230 e. The first-order valence-electron chi connectivity index (χ1n) is 7.66. The molecule has 7 nitrogen and oxygen atoms in total. The van der Waals surface area contributed by atoms with E-state index in [1.807, 2.05) is 6.92 Å². The van der Waals surface area contributed by atoms with Gasteiger partial charge in [-0.15, -0.1) is 10.2 Å². The van der Waals surface area contributed by atoms with Crippen LogP contribution in [-0.2, 0) is 6.54 Å². The van der Waals surface area contributed by atoms with Gasteiger partial charge in [0.1, 0.15) is 0 Å². The molecule has 0 amide bonds. The highest BCUT2D eigenvalue weighted by molar-refractivity contribution is 5.00. The van der Waals surface area contributed by atoms with E-state index in [2.05, 4.69) is 25.2 Å². The summed E-state index contributed by atoms with van der Waals surface area (Å²) in [5.41, 5.74) is 0. The highest BCUT2D eigenvalue weighted by Crippen LogP contribution is 2.36. The Bertz CT molecular complexity index is 618. The van der Waals surface area contributed by atoms with Crippen molar-refractivity contribution in [2.45, 2.75) is 57.5 Å². The molecule has 1 aliphatic heterocycles. The quantitative estimate of drug-likeness (QED) is 0.854. The number of rotatable bonds is 4. The van der Waals surface area contributed by atoms with Crippen LogP contribution in [0.25, 0.3) is 0 Å². The lowest BCUT2D eigenvalue weighted by Gasteiger charge is -2.21. The Morgan fingerprint density at radius 2 is 2.10 bits per heavy atom. The molecule has 0 bridgehead atoms. The van der Waals surface area contributed by atoms with Gasteiger partial charge in [-0.25, -0.2) is 0 Å². The van der Waals surface area contributed by atoms with Crippen LogP contribution in [0.5, 0.6) is 0 Å². The summed E-state index contributed by atoms with van der Waals surface area (Å²) in [6.45, 7) is 3.48. The summed E-state index contributed by atoms with van der Waals surface area (Å²) in [7, 11) is 0. The zero-order chi connectivity index (χ0) is 14.2. The van der Waals surface area contributed by atoms with Crippen LogP contribution in [0.4, 0.5) is 0 Å². The molecule has 0 N–H and O–H groups in total. The Morgan fingerprint density at radius 1 is 1.19 bits per heavy atom. The molecule has 3 heterocycles. The van der Waals surface area contributed by atoms with E-state index in [9.17, 15) is 0 Å². The van der Waals surface area contributed by atoms with Crippen LogP contribution in [-0.4, -0.2) is 31.8 Å². The maximum atomic E-state index is 5.81. The molecule has 2 aromatic rings. The van der Waals surface area contributed by atoms with Crippen LogP contribution in [0.2, 0.25) is 0 Å². The predicted octanol–water partition coefficient (Wildman–Crippen LogP) is 2.37. The van der Waals surface area contributed by atoms with Gasteiger partial charge in [0, 0.05) is 12.8 Å². The van der Waals surface area contributed by atoms with Crippen molar-refractivity contribution in [2.75, 3.05) is 6.54 Å². The van der Waals surface area contributed by atoms with E-state index in [-0.39, 0.29) is 6.04 Å². The Morgan fingerprint density at radius 3 is 2.81 bits per heavy atom. The molecule has 2 aromatic heterocycles. The fraction of sp³-hybridized carbons (Fsp3) is 0.714. The van der Waals surface area contributed by atoms with Crippen molar-refractivity contribution in [1.29, 1.82) is 0 Å². The third-order valence-electron chi connectivity index (χ3n) is 4.48. The molecule has 1 saturated heterocycles. The summed E-state index contributed by atoms with van der Waals surface area (Å²) in [5, 5.41) is 12.4. The van der Waals surface area contributed by atoms with E-state index in [1.165, 1.54) is 19.3 Å². The minimum atomic E-state index is 0.196. The van der Waals surface area contributed by atoms with E-state index >= 15 is 0 Å². The predicted molar refractivity (Wildman–Crippen MR) is 72.3 cm³/mol. The molecule has 0 radical (unpaired) electrons. The minimum Gasteiger partial charge on any atom is -0.424 e. The van der Waals surface area contributed by atoms with Gasteiger partial charge in [-0.3, -0.25) is 4.90 Å². The van der Waals surface area contributed by atoms with E-state index in [1.54, 1.807) is 0 Å². The van der Waals surface area contributed by atoms with Crippen molar-refractivity contribution in [3.63, 3.8) is 0 Å². The molecule has 4 rings (SSSR count). The van der Waals surface area contributed by atoms with Gasteiger partial charge in [0.25, 0.3) is 0 Å². The van der Waals surface area contributed by atoms with Crippen LogP contribution in [0, 0.1) is 6.92 Å². The SMILES string of the molecule is Cc1nc([C@H]2CCCN2Cc2nnc(C3CCC3)o2)no1. The summed E-state index contributed by atoms with van der Waals surface area (Å²) in [5.74, 6) is 3.37. The van der Waals surface area contributed by atoms with Gasteiger partial charge in [-0.2, -0.15) is 4.98 Å². The Kier molecular flexibility index (Phi) is 3.21. The number of hydrogen-bond acceptors (Lipinski definition) is 7. The second-order valence-corrected chi connectivity index (χ2v) is 5.96. The molecule has 2 fully saturated rings. The van der Waals surface area contributed by atoms with E-state index in [4.69, 9.17) is 8.94 Å². The average molecular weight is 289 g/mol. The number of nitrogens with zero attached hydrogens (tertiary/aromatic N) is 5. The van der Waals surface area contributed by atoms with Crippen LogP contribution in [0.1, 0.15) is 67.6 Å². The zero-order valence-electron chi connectivity index (χ0n) is 12.2. The molecule has 0 unspecified atom stereocenters. The summed E-state index contributed by atoms with van der Waals surface area (Å²) in [4.78, 5) is 6.65. The highest BCUT2D eigenvalue weighted by atomic mass is 16.5. The number of aryl methyl sites for hydroxylation is 1. The molecule has 0 spiro atoms. The van der Waals surface area contributed by atoms with Crippen LogP contribution < -0.4 is 0 Å². The number of aromatic nitrogens is 4. The maximum absolute atomic E-state index is 5.81. The lowest BCUT2D eigenvalue weighted by atomic mass is 9.85. The van der Waals surface area contributed by atoms with Crippen LogP contribution in [0.3, 0.4) is 0 Å². The molecular weight excluding hydrogens is 270 g/mol. The van der Waals surface area contributed by atoms with Gasteiger partial charge < -0.3 is 8.94 Å². The van der Waals surface area contributed by atoms with Crippen molar-refractivity contribution < 1.29 is 8.94 Å². The monoisotopic (exact) mass is 289 g/mol. The Balaban J connectivity index is 1.46. The van der Waals surface area contributed by atoms with Gasteiger partial charge in [-0.1, -0.05) is 11.6 Å². The molecule has 112 valence electrons. The largest absolute Gasteiger partial charge is 0.424 e. The molecule has 0 aromatic carbocycles. The first-order valence-corrected chi connectivity index (χ1v) is 7.66. The van der Waals surface area contributed by atoms with Crippen molar-refractivity contribution >= 4 is 0 Å². The summed E-state index contributed by atoms with van der Waals surface area (Å²) in [6.07, 6.45) is 5.80. The zero-order valence-corrected chi connectivity index (χ0v) is 12.2. The lowest BCUT2D eigenvalue weighted by Crippen LogP contribution is -2.23. The fourth-order valence-electron chi connectivity index (χ4n) is 3.08. The first kappa shape index (κ1) is 12.9. The normalized spacial score (nSPS) is 23.6. The van der Waals surface area contributed by atoms with Gasteiger partial charge in [0.05, 0.1) is 12.6 Å². The third kappa shape index (κ3) is 2.46. The van der Waals surface area contributed by atoms with Gasteiger partial charge in [0.15, 0.2) is 5.82 Å². The topological polar surface area (TPSA) is 81.1 Å². The second-order valence-electron chi connectivity index (χ2n) is 5.96. The van der Waals surface area contributed by atoms with Crippen molar-refractivity contribution in [3.05, 3.63) is 23.5 Å². The minimum absolute atomic E-state index is 0.196. The van der Waals surface area contributed by atoms with Gasteiger partial charge in [-0.05, 0) is 32.2 Å². The summed E-state index contributed by atoms with van der Waals surface area (Å²) >= 11 is 0. The molecule has 1 aliphatic carbocycles. The molecule has 21 heavy (non-hydrogen) atoms.